The molecule has 0 fully saturated rings. The van der Waals surface area contributed by atoms with E-state index in [0.29, 0.717) is 6.61 Å². The summed E-state index contributed by atoms with van der Waals surface area (Å²) in [5.41, 5.74) is 1.13. The van der Waals surface area contributed by atoms with Crippen LogP contribution in [0.3, 0.4) is 0 Å². The summed E-state index contributed by atoms with van der Waals surface area (Å²) in [6.07, 6.45) is 0.776. The van der Waals surface area contributed by atoms with Crippen LogP contribution in [-0.2, 0) is 6.54 Å². The third-order valence-corrected chi connectivity index (χ3v) is 2.64. The maximum absolute atomic E-state index is 8.67. The monoisotopic (exact) mass is 287 g/mol. The number of ether oxygens (including phenoxy) is 1. The normalized spacial score (nSPS) is 10.4. The first-order chi connectivity index (χ1) is 7.77. The van der Waals surface area contributed by atoms with E-state index in [0.717, 1.165) is 35.3 Å². The van der Waals surface area contributed by atoms with Gasteiger partial charge in [-0.3, -0.25) is 0 Å². The highest BCUT2D eigenvalue weighted by Crippen LogP contribution is 2.23. The zero-order valence-electron chi connectivity index (χ0n) is 9.50. The molecule has 0 saturated heterocycles. The molecule has 0 atom stereocenters. The van der Waals surface area contributed by atoms with E-state index in [1.165, 1.54) is 0 Å². The average Bonchev–Trinajstić information content (AvgIpc) is 2.28. The number of hydrogen-bond donors (Lipinski definition) is 2. The molecule has 0 saturated carbocycles. The molecule has 0 aliphatic carbocycles. The minimum Gasteiger partial charge on any atom is -0.494 e. The van der Waals surface area contributed by atoms with Crippen molar-refractivity contribution in [1.29, 1.82) is 0 Å². The summed E-state index contributed by atoms with van der Waals surface area (Å²) in [7, 11) is 0. The Hall–Kier alpha value is -0.580. The van der Waals surface area contributed by atoms with E-state index >= 15 is 0 Å². The molecule has 0 radical (unpaired) electrons. The highest BCUT2D eigenvalue weighted by Gasteiger charge is 2.03. The van der Waals surface area contributed by atoms with Crippen molar-refractivity contribution in [2.75, 3.05) is 19.8 Å². The molecule has 2 N–H and O–H groups in total. The van der Waals surface area contributed by atoms with Crippen molar-refractivity contribution in [3.63, 3.8) is 0 Å². The third kappa shape index (κ3) is 4.51. The standard InChI is InChI=1S/C12H18BrNO2/c1-2-16-12-5-4-11(13)8-10(12)9-14-6-3-7-15/h4-5,8,14-15H,2-3,6-7,9H2,1H3. The number of aliphatic hydroxyl groups is 1. The van der Waals surface area contributed by atoms with Crippen molar-refractivity contribution in [2.24, 2.45) is 0 Å². The van der Waals surface area contributed by atoms with E-state index in [-0.39, 0.29) is 6.61 Å². The summed E-state index contributed by atoms with van der Waals surface area (Å²) < 4.78 is 6.59. The summed E-state index contributed by atoms with van der Waals surface area (Å²) in [6, 6.07) is 6.00. The molecule has 90 valence electrons. The Morgan fingerprint density at radius 3 is 2.94 bits per heavy atom. The Morgan fingerprint density at radius 1 is 1.44 bits per heavy atom. The molecular formula is C12H18BrNO2. The molecule has 1 rings (SSSR count). The molecule has 0 amide bonds. The van der Waals surface area contributed by atoms with E-state index in [4.69, 9.17) is 9.84 Å². The zero-order chi connectivity index (χ0) is 11.8. The second kappa shape index (κ2) is 7.65. The van der Waals surface area contributed by atoms with Crippen molar-refractivity contribution >= 4 is 15.9 Å². The first-order valence-corrected chi connectivity index (χ1v) is 6.30. The fourth-order valence-electron chi connectivity index (χ4n) is 1.41. The van der Waals surface area contributed by atoms with Gasteiger partial charge in [0.15, 0.2) is 0 Å². The molecular weight excluding hydrogens is 270 g/mol. The minimum atomic E-state index is 0.226. The van der Waals surface area contributed by atoms with Crippen LogP contribution in [0.15, 0.2) is 22.7 Å². The Kier molecular flexibility index (Phi) is 6.45. The van der Waals surface area contributed by atoms with Gasteiger partial charge in [0.1, 0.15) is 5.75 Å². The second-order valence-electron chi connectivity index (χ2n) is 3.44. The van der Waals surface area contributed by atoms with Gasteiger partial charge in [0.2, 0.25) is 0 Å². The summed E-state index contributed by atoms with van der Waals surface area (Å²) in [4.78, 5) is 0. The Labute approximate surface area is 105 Å². The van der Waals surface area contributed by atoms with Gasteiger partial charge in [-0.25, -0.2) is 0 Å². The van der Waals surface area contributed by atoms with Crippen molar-refractivity contribution < 1.29 is 9.84 Å². The van der Waals surface area contributed by atoms with Gasteiger partial charge < -0.3 is 15.2 Å². The first-order valence-electron chi connectivity index (χ1n) is 5.50. The SMILES string of the molecule is CCOc1ccc(Br)cc1CNCCCO. The number of halogens is 1. The van der Waals surface area contributed by atoms with Crippen LogP contribution >= 0.6 is 15.9 Å². The molecule has 0 spiro atoms. The van der Waals surface area contributed by atoms with E-state index in [9.17, 15) is 0 Å². The fourth-order valence-corrected chi connectivity index (χ4v) is 1.82. The van der Waals surface area contributed by atoms with Crippen LogP contribution in [0.4, 0.5) is 0 Å². The molecule has 0 bridgehead atoms. The quantitative estimate of drug-likeness (QED) is 0.757. The second-order valence-corrected chi connectivity index (χ2v) is 4.35. The lowest BCUT2D eigenvalue weighted by Gasteiger charge is -2.11. The van der Waals surface area contributed by atoms with Gasteiger partial charge >= 0.3 is 0 Å². The van der Waals surface area contributed by atoms with Crippen LogP contribution in [0.25, 0.3) is 0 Å². The Morgan fingerprint density at radius 2 is 2.25 bits per heavy atom. The number of rotatable bonds is 7. The van der Waals surface area contributed by atoms with Gasteiger partial charge in [-0.15, -0.1) is 0 Å². The summed E-state index contributed by atoms with van der Waals surface area (Å²) in [5.74, 6) is 0.919. The Balaban J connectivity index is 2.57. The molecule has 1 aromatic rings. The molecule has 3 nitrogen and oxygen atoms in total. The molecule has 0 unspecified atom stereocenters. The molecule has 16 heavy (non-hydrogen) atoms. The number of hydrogen-bond acceptors (Lipinski definition) is 3. The van der Waals surface area contributed by atoms with E-state index in [1.54, 1.807) is 0 Å². The van der Waals surface area contributed by atoms with Gasteiger partial charge in [0, 0.05) is 23.2 Å². The van der Waals surface area contributed by atoms with Crippen molar-refractivity contribution in [3.05, 3.63) is 28.2 Å². The van der Waals surface area contributed by atoms with Crippen molar-refractivity contribution in [1.82, 2.24) is 5.32 Å². The lowest BCUT2D eigenvalue weighted by Crippen LogP contribution is -2.16. The van der Waals surface area contributed by atoms with Crippen LogP contribution in [0.2, 0.25) is 0 Å². The maximum atomic E-state index is 8.67. The molecule has 0 aromatic heterocycles. The highest BCUT2D eigenvalue weighted by atomic mass is 79.9. The largest absolute Gasteiger partial charge is 0.494 e. The van der Waals surface area contributed by atoms with E-state index in [1.807, 2.05) is 19.1 Å². The maximum Gasteiger partial charge on any atom is 0.123 e. The van der Waals surface area contributed by atoms with Gasteiger partial charge in [-0.1, -0.05) is 15.9 Å². The smallest absolute Gasteiger partial charge is 0.123 e. The van der Waals surface area contributed by atoms with Crippen LogP contribution < -0.4 is 10.1 Å². The van der Waals surface area contributed by atoms with Crippen molar-refractivity contribution in [2.45, 2.75) is 19.9 Å². The molecule has 0 aliphatic rings. The van der Waals surface area contributed by atoms with Gasteiger partial charge in [-0.2, -0.15) is 0 Å². The van der Waals surface area contributed by atoms with Crippen LogP contribution in [0, 0.1) is 0 Å². The Bertz CT molecular complexity index is 318. The van der Waals surface area contributed by atoms with Gasteiger partial charge in [0.05, 0.1) is 6.61 Å². The average molecular weight is 288 g/mol. The number of aliphatic hydroxyl groups excluding tert-OH is 1. The molecule has 4 heteroatoms. The first kappa shape index (κ1) is 13.5. The van der Waals surface area contributed by atoms with Crippen LogP contribution in [-0.4, -0.2) is 24.9 Å². The summed E-state index contributed by atoms with van der Waals surface area (Å²) in [6.45, 7) is 4.45. The van der Waals surface area contributed by atoms with Crippen LogP contribution in [0.1, 0.15) is 18.9 Å². The number of benzene rings is 1. The van der Waals surface area contributed by atoms with Gasteiger partial charge in [0.25, 0.3) is 0 Å². The van der Waals surface area contributed by atoms with E-state index in [2.05, 4.69) is 27.3 Å². The highest BCUT2D eigenvalue weighted by molar-refractivity contribution is 9.10. The lowest BCUT2D eigenvalue weighted by atomic mass is 10.2. The van der Waals surface area contributed by atoms with Crippen LogP contribution in [0.5, 0.6) is 5.75 Å². The van der Waals surface area contributed by atoms with E-state index < -0.39 is 0 Å². The topological polar surface area (TPSA) is 41.5 Å². The zero-order valence-corrected chi connectivity index (χ0v) is 11.1. The van der Waals surface area contributed by atoms with Gasteiger partial charge in [-0.05, 0) is 38.1 Å². The predicted molar refractivity (Wildman–Crippen MR) is 68.7 cm³/mol. The minimum absolute atomic E-state index is 0.226. The molecule has 0 heterocycles. The summed E-state index contributed by atoms with van der Waals surface area (Å²) >= 11 is 3.45. The number of nitrogens with one attached hydrogen (secondary N) is 1. The predicted octanol–water partition coefficient (Wildman–Crippen LogP) is 2.32. The third-order valence-electron chi connectivity index (χ3n) is 2.15. The molecule has 1 aromatic carbocycles. The fraction of sp³-hybridized carbons (Fsp3) is 0.500. The lowest BCUT2D eigenvalue weighted by molar-refractivity contribution is 0.285. The summed E-state index contributed by atoms with van der Waals surface area (Å²) in [5, 5.41) is 11.9. The molecule has 0 aliphatic heterocycles. The van der Waals surface area contributed by atoms with Crippen molar-refractivity contribution in [3.8, 4) is 5.75 Å².